The highest BCUT2D eigenvalue weighted by Gasteiger charge is 2.23. The fourth-order valence-electron chi connectivity index (χ4n) is 2.89. The normalized spacial score (nSPS) is 11.7. The Labute approximate surface area is 156 Å². The van der Waals surface area contributed by atoms with Crippen LogP contribution in [-0.2, 0) is 21.4 Å². The first kappa shape index (κ1) is 18.8. The van der Waals surface area contributed by atoms with E-state index in [4.69, 9.17) is 4.74 Å². The third-order valence-corrected chi connectivity index (χ3v) is 4.36. The van der Waals surface area contributed by atoms with Crippen molar-refractivity contribution in [3.63, 3.8) is 0 Å². The van der Waals surface area contributed by atoms with Crippen molar-refractivity contribution in [2.75, 3.05) is 7.11 Å². The largest absolute Gasteiger partial charge is 0.505 e. The van der Waals surface area contributed by atoms with Crippen LogP contribution in [0.2, 0.25) is 0 Å². The molecule has 0 atom stereocenters. The highest BCUT2D eigenvalue weighted by atomic mass is 19.1. The molecule has 0 saturated heterocycles. The van der Waals surface area contributed by atoms with E-state index in [9.17, 15) is 14.3 Å². The van der Waals surface area contributed by atoms with Crippen molar-refractivity contribution in [3.8, 4) is 11.4 Å². The SMILES string of the molecule is COC(=O)CCc1cc(-n2nc3ccc(F)cc3n2)c(O)c(C(C)(C)C)c1. The molecule has 1 N–H and O–H groups in total. The number of nitrogens with zero attached hydrogens (tertiary/aromatic N) is 3. The molecule has 0 aliphatic heterocycles. The van der Waals surface area contributed by atoms with Gasteiger partial charge in [0.1, 0.15) is 28.3 Å². The molecule has 0 radical (unpaired) electrons. The molecule has 3 aromatic rings. The number of aromatic hydroxyl groups is 1. The molecule has 0 fully saturated rings. The third-order valence-electron chi connectivity index (χ3n) is 4.36. The van der Waals surface area contributed by atoms with Gasteiger partial charge in [-0.25, -0.2) is 4.39 Å². The van der Waals surface area contributed by atoms with E-state index in [2.05, 4.69) is 10.2 Å². The lowest BCUT2D eigenvalue weighted by molar-refractivity contribution is -0.140. The van der Waals surface area contributed by atoms with Crippen molar-refractivity contribution < 1.29 is 19.0 Å². The van der Waals surface area contributed by atoms with E-state index in [0.717, 1.165) is 5.56 Å². The maximum Gasteiger partial charge on any atom is 0.305 e. The Hall–Kier alpha value is -2.96. The molecular weight excluding hydrogens is 349 g/mol. The minimum atomic E-state index is -0.402. The molecule has 0 unspecified atom stereocenters. The fraction of sp³-hybridized carbons (Fsp3) is 0.350. The first-order chi connectivity index (χ1) is 12.7. The number of hydrogen-bond acceptors (Lipinski definition) is 5. The van der Waals surface area contributed by atoms with E-state index < -0.39 is 5.82 Å². The topological polar surface area (TPSA) is 77.2 Å². The number of rotatable bonds is 4. The van der Waals surface area contributed by atoms with Crippen LogP contribution in [0.25, 0.3) is 16.7 Å². The number of aryl methyl sites for hydroxylation is 1. The number of carbonyl (C=O) groups excluding carboxylic acids is 1. The fourth-order valence-corrected chi connectivity index (χ4v) is 2.89. The van der Waals surface area contributed by atoms with E-state index in [1.165, 1.54) is 30.1 Å². The molecule has 142 valence electrons. The molecule has 0 spiro atoms. The van der Waals surface area contributed by atoms with Gasteiger partial charge in [-0.2, -0.15) is 0 Å². The average molecular weight is 371 g/mol. The Kier molecular flexibility index (Phi) is 4.87. The molecular formula is C20H22FN3O3. The molecule has 0 aliphatic rings. The molecule has 0 amide bonds. The van der Waals surface area contributed by atoms with Crippen molar-refractivity contribution in [1.29, 1.82) is 0 Å². The molecule has 2 aromatic carbocycles. The van der Waals surface area contributed by atoms with Crippen LogP contribution in [0, 0.1) is 5.82 Å². The number of hydrogen-bond donors (Lipinski definition) is 1. The summed E-state index contributed by atoms with van der Waals surface area (Å²) < 4.78 is 18.2. The molecule has 0 bridgehead atoms. The summed E-state index contributed by atoms with van der Waals surface area (Å²) in [6, 6.07) is 7.76. The molecule has 0 aliphatic carbocycles. The lowest BCUT2D eigenvalue weighted by Crippen LogP contribution is -2.14. The van der Waals surface area contributed by atoms with Crippen LogP contribution in [0.15, 0.2) is 30.3 Å². The van der Waals surface area contributed by atoms with E-state index >= 15 is 0 Å². The zero-order valence-electron chi connectivity index (χ0n) is 15.8. The van der Waals surface area contributed by atoms with Crippen LogP contribution in [0.1, 0.15) is 38.3 Å². The first-order valence-corrected chi connectivity index (χ1v) is 8.65. The lowest BCUT2D eigenvalue weighted by atomic mass is 9.84. The molecule has 0 saturated carbocycles. The van der Waals surface area contributed by atoms with Gasteiger partial charge in [0, 0.05) is 18.1 Å². The van der Waals surface area contributed by atoms with Crippen LogP contribution in [-0.4, -0.2) is 33.2 Å². The van der Waals surface area contributed by atoms with Gasteiger partial charge in [0.2, 0.25) is 0 Å². The van der Waals surface area contributed by atoms with Gasteiger partial charge in [-0.3, -0.25) is 4.79 Å². The number of phenolic OH excluding ortho intramolecular Hbond substituents is 1. The number of methoxy groups -OCH3 is 1. The molecule has 3 rings (SSSR count). The summed E-state index contributed by atoms with van der Waals surface area (Å²) in [6.45, 7) is 5.95. The average Bonchev–Trinajstić information content (AvgIpc) is 3.02. The number of phenols is 1. The quantitative estimate of drug-likeness (QED) is 0.708. The van der Waals surface area contributed by atoms with Gasteiger partial charge < -0.3 is 9.84 Å². The number of benzene rings is 2. The predicted molar refractivity (Wildman–Crippen MR) is 99.5 cm³/mol. The number of carbonyl (C=O) groups is 1. The van der Waals surface area contributed by atoms with Gasteiger partial charge >= 0.3 is 5.97 Å². The van der Waals surface area contributed by atoms with Crippen LogP contribution < -0.4 is 0 Å². The molecule has 1 aromatic heterocycles. The summed E-state index contributed by atoms with van der Waals surface area (Å²) in [7, 11) is 1.35. The summed E-state index contributed by atoms with van der Waals surface area (Å²) in [5, 5.41) is 19.5. The summed E-state index contributed by atoms with van der Waals surface area (Å²) in [4.78, 5) is 12.8. The highest BCUT2D eigenvalue weighted by molar-refractivity contribution is 5.74. The van der Waals surface area contributed by atoms with Crippen molar-refractivity contribution >= 4 is 17.0 Å². The zero-order chi connectivity index (χ0) is 19.8. The van der Waals surface area contributed by atoms with Gasteiger partial charge in [0.25, 0.3) is 0 Å². The number of halogens is 1. The third kappa shape index (κ3) is 3.92. The Morgan fingerprint density at radius 2 is 1.89 bits per heavy atom. The maximum absolute atomic E-state index is 13.5. The Bertz CT molecular complexity index is 1010. The lowest BCUT2D eigenvalue weighted by Gasteiger charge is -2.23. The van der Waals surface area contributed by atoms with E-state index in [0.29, 0.717) is 28.7 Å². The standard InChI is InChI=1S/C20H22FN3O3/c1-20(2,3)14-9-12(5-8-18(25)27-4)10-17(19(14)26)24-22-15-7-6-13(21)11-16(15)23-24/h6-7,9-11,26H,5,8H2,1-4H3. The van der Waals surface area contributed by atoms with Gasteiger partial charge in [0.15, 0.2) is 0 Å². The van der Waals surface area contributed by atoms with Crippen molar-refractivity contribution in [2.24, 2.45) is 0 Å². The number of ether oxygens (including phenoxy) is 1. The summed E-state index contributed by atoms with van der Waals surface area (Å²) in [5.74, 6) is -0.647. The molecule has 1 heterocycles. The van der Waals surface area contributed by atoms with Gasteiger partial charge in [-0.15, -0.1) is 15.0 Å². The van der Waals surface area contributed by atoms with Crippen LogP contribution >= 0.6 is 0 Å². The van der Waals surface area contributed by atoms with E-state index in [-0.39, 0.29) is 23.6 Å². The predicted octanol–water partition coefficient (Wildman–Crippen LogP) is 3.67. The summed E-state index contributed by atoms with van der Waals surface area (Å²) in [6.07, 6.45) is 0.683. The monoisotopic (exact) mass is 371 g/mol. The van der Waals surface area contributed by atoms with Gasteiger partial charge in [0.05, 0.1) is 7.11 Å². The smallest absolute Gasteiger partial charge is 0.305 e. The zero-order valence-corrected chi connectivity index (χ0v) is 15.8. The molecule has 7 heteroatoms. The van der Waals surface area contributed by atoms with E-state index in [1.807, 2.05) is 26.8 Å². The first-order valence-electron chi connectivity index (χ1n) is 8.65. The summed E-state index contributed by atoms with van der Waals surface area (Å²) in [5.41, 5.74) is 2.54. The van der Waals surface area contributed by atoms with E-state index in [1.54, 1.807) is 6.07 Å². The van der Waals surface area contributed by atoms with Crippen molar-refractivity contribution in [1.82, 2.24) is 15.0 Å². The van der Waals surface area contributed by atoms with Crippen LogP contribution in [0.3, 0.4) is 0 Å². The number of fused-ring (bicyclic) bond motifs is 1. The van der Waals surface area contributed by atoms with Crippen molar-refractivity contribution in [3.05, 3.63) is 47.3 Å². The minimum Gasteiger partial charge on any atom is -0.505 e. The Morgan fingerprint density at radius 1 is 1.19 bits per heavy atom. The summed E-state index contributed by atoms with van der Waals surface area (Å²) >= 11 is 0. The second-order valence-electron chi connectivity index (χ2n) is 7.46. The van der Waals surface area contributed by atoms with Crippen LogP contribution in [0.5, 0.6) is 5.75 Å². The van der Waals surface area contributed by atoms with Gasteiger partial charge in [-0.05, 0) is 35.6 Å². The van der Waals surface area contributed by atoms with Crippen LogP contribution in [0.4, 0.5) is 4.39 Å². The second-order valence-corrected chi connectivity index (χ2v) is 7.46. The minimum absolute atomic E-state index is 0.0603. The molecule has 27 heavy (non-hydrogen) atoms. The number of esters is 1. The van der Waals surface area contributed by atoms with Crippen molar-refractivity contribution in [2.45, 2.75) is 39.0 Å². The Morgan fingerprint density at radius 3 is 2.56 bits per heavy atom. The maximum atomic E-state index is 13.5. The Balaban J connectivity index is 2.12. The van der Waals surface area contributed by atoms with Gasteiger partial charge in [-0.1, -0.05) is 26.8 Å². The number of aromatic nitrogens is 3. The molecule has 6 nitrogen and oxygen atoms in total. The highest BCUT2D eigenvalue weighted by Crippen LogP contribution is 2.36. The second kappa shape index (κ2) is 6.98.